The second-order valence-corrected chi connectivity index (χ2v) is 6.31. The molecule has 0 saturated carbocycles. The average molecular weight is 305 g/mol. The van der Waals surface area contributed by atoms with E-state index in [4.69, 9.17) is 10.2 Å². The Kier molecular flexibility index (Phi) is 4.07. The zero-order valence-electron chi connectivity index (χ0n) is 12.0. The van der Waals surface area contributed by atoms with E-state index in [9.17, 15) is 4.79 Å². The molecule has 0 aromatic carbocycles. The van der Waals surface area contributed by atoms with E-state index in [1.165, 1.54) is 6.26 Å². The molecule has 1 aliphatic heterocycles. The summed E-state index contributed by atoms with van der Waals surface area (Å²) < 4.78 is 5.26. The Labute approximate surface area is 127 Å². The lowest BCUT2D eigenvalue weighted by atomic mass is 9.98. The van der Waals surface area contributed by atoms with Gasteiger partial charge in [-0.05, 0) is 25.8 Å². The number of nitrogens with zero attached hydrogens (tertiary/aromatic N) is 2. The minimum Gasteiger partial charge on any atom is -0.467 e. The van der Waals surface area contributed by atoms with E-state index in [0.29, 0.717) is 23.8 Å². The van der Waals surface area contributed by atoms with Gasteiger partial charge >= 0.3 is 0 Å². The predicted octanol–water partition coefficient (Wildman–Crippen LogP) is 2.52. The van der Waals surface area contributed by atoms with Gasteiger partial charge in [0, 0.05) is 30.1 Å². The third-order valence-corrected chi connectivity index (χ3v) is 4.92. The van der Waals surface area contributed by atoms with Crippen molar-refractivity contribution in [2.75, 3.05) is 13.1 Å². The molecule has 0 aliphatic carbocycles. The molecule has 112 valence electrons. The second-order valence-electron chi connectivity index (χ2n) is 5.42. The molecule has 5 nitrogen and oxygen atoms in total. The number of likely N-dealkylation sites (tertiary alicyclic amines) is 1. The van der Waals surface area contributed by atoms with Gasteiger partial charge in [0.1, 0.15) is 12.0 Å². The summed E-state index contributed by atoms with van der Waals surface area (Å²) in [5.41, 5.74) is 7.16. The van der Waals surface area contributed by atoms with Crippen molar-refractivity contribution in [1.82, 2.24) is 9.88 Å². The lowest BCUT2D eigenvalue weighted by Gasteiger charge is -2.31. The van der Waals surface area contributed by atoms with Gasteiger partial charge in [-0.2, -0.15) is 0 Å². The minimum absolute atomic E-state index is 0.0245. The highest BCUT2D eigenvalue weighted by Crippen LogP contribution is 2.30. The maximum atomic E-state index is 12.5. The van der Waals surface area contributed by atoms with E-state index in [0.717, 1.165) is 36.6 Å². The largest absolute Gasteiger partial charge is 0.467 e. The highest BCUT2D eigenvalue weighted by molar-refractivity contribution is 7.09. The monoisotopic (exact) mass is 305 g/mol. The number of furan rings is 1. The summed E-state index contributed by atoms with van der Waals surface area (Å²) in [6.07, 6.45) is 3.61. The molecule has 21 heavy (non-hydrogen) atoms. The molecule has 1 atom stereocenters. The molecule has 1 amide bonds. The van der Waals surface area contributed by atoms with Gasteiger partial charge < -0.3 is 15.1 Å². The second kappa shape index (κ2) is 5.99. The normalized spacial score (nSPS) is 19.0. The van der Waals surface area contributed by atoms with Crippen molar-refractivity contribution in [3.8, 4) is 0 Å². The van der Waals surface area contributed by atoms with Crippen LogP contribution in [0.2, 0.25) is 0 Å². The third kappa shape index (κ3) is 3.01. The van der Waals surface area contributed by atoms with Crippen LogP contribution in [0.1, 0.15) is 45.6 Å². The van der Waals surface area contributed by atoms with Crippen molar-refractivity contribution in [3.05, 3.63) is 39.7 Å². The van der Waals surface area contributed by atoms with Crippen molar-refractivity contribution < 1.29 is 9.21 Å². The summed E-state index contributed by atoms with van der Waals surface area (Å²) in [6, 6.07) is 1.74. The predicted molar refractivity (Wildman–Crippen MR) is 81.3 cm³/mol. The summed E-state index contributed by atoms with van der Waals surface area (Å²) in [5, 5.41) is 3.21. The van der Waals surface area contributed by atoms with Gasteiger partial charge in [0.05, 0.1) is 17.1 Å². The number of aryl methyl sites for hydroxylation is 1. The SMILES string of the molecule is Cc1csc(C2CCCN(C(=O)c3coc(CN)c3)C2)n1. The molecule has 1 unspecified atom stereocenters. The van der Waals surface area contributed by atoms with Crippen molar-refractivity contribution in [2.24, 2.45) is 5.73 Å². The van der Waals surface area contributed by atoms with Crippen molar-refractivity contribution >= 4 is 17.2 Å². The first-order valence-corrected chi connectivity index (χ1v) is 8.04. The molecule has 2 aromatic rings. The minimum atomic E-state index is 0.0245. The molecule has 0 bridgehead atoms. The number of aromatic nitrogens is 1. The van der Waals surface area contributed by atoms with Gasteiger partial charge in [-0.15, -0.1) is 11.3 Å². The third-order valence-electron chi connectivity index (χ3n) is 3.80. The smallest absolute Gasteiger partial charge is 0.257 e. The van der Waals surface area contributed by atoms with E-state index in [1.807, 2.05) is 11.8 Å². The zero-order chi connectivity index (χ0) is 14.8. The van der Waals surface area contributed by atoms with Crippen LogP contribution in [0, 0.1) is 6.92 Å². The number of carbonyl (C=O) groups is 1. The summed E-state index contributed by atoms with van der Waals surface area (Å²) in [6.45, 7) is 3.84. The van der Waals surface area contributed by atoms with Crippen molar-refractivity contribution in [1.29, 1.82) is 0 Å². The summed E-state index contributed by atoms with van der Waals surface area (Å²) in [4.78, 5) is 19.0. The number of amides is 1. The summed E-state index contributed by atoms with van der Waals surface area (Å²) in [7, 11) is 0. The Morgan fingerprint density at radius 1 is 1.62 bits per heavy atom. The van der Waals surface area contributed by atoms with Crippen LogP contribution in [0.5, 0.6) is 0 Å². The first-order valence-electron chi connectivity index (χ1n) is 7.16. The standard InChI is InChI=1S/C15H19N3O2S/c1-10-9-21-14(17-10)11-3-2-4-18(7-11)15(19)12-5-13(6-16)20-8-12/h5,8-9,11H,2-4,6-7,16H2,1H3. The first-order chi connectivity index (χ1) is 10.2. The summed E-state index contributed by atoms with van der Waals surface area (Å²) in [5.74, 6) is 1.01. The van der Waals surface area contributed by atoms with E-state index >= 15 is 0 Å². The Balaban J connectivity index is 1.72. The quantitative estimate of drug-likeness (QED) is 0.945. The van der Waals surface area contributed by atoms with Gasteiger partial charge in [0.25, 0.3) is 5.91 Å². The van der Waals surface area contributed by atoms with E-state index in [-0.39, 0.29) is 5.91 Å². The number of thiazole rings is 1. The van der Waals surface area contributed by atoms with Crippen LogP contribution in [0.15, 0.2) is 22.1 Å². The first kappa shape index (κ1) is 14.3. The Hall–Kier alpha value is -1.66. The number of nitrogens with two attached hydrogens (primary N) is 1. The molecule has 3 heterocycles. The van der Waals surface area contributed by atoms with Crippen molar-refractivity contribution in [3.63, 3.8) is 0 Å². The zero-order valence-corrected chi connectivity index (χ0v) is 12.9. The van der Waals surface area contributed by atoms with Gasteiger partial charge in [-0.3, -0.25) is 4.79 Å². The number of hydrogen-bond donors (Lipinski definition) is 1. The molecule has 0 spiro atoms. The fourth-order valence-corrected chi connectivity index (χ4v) is 3.63. The molecule has 2 aromatic heterocycles. The van der Waals surface area contributed by atoms with Crippen molar-refractivity contribution in [2.45, 2.75) is 32.2 Å². The van der Waals surface area contributed by atoms with Gasteiger partial charge in [0.2, 0.25) is 0 Å². The Morgan fingerprint density at radius 2 is 2.48 bits per heavy atom. The van der Waals surface area contributed by atoms with E-state index in [1.54, 1.807) is 17.4 Å². The summed E-state index contributed by atoms with van der Waals surface area (Å²) >= 11 is 1.69. The average Bonchev–Trinajstić information content (AvgIpc) is 3.15. The van der Waals surface area contributed by atoms with E-state index < -0.39 is 0 Å². The highest BCUT2D eigenvalue weighted by atomic mass is 32.1. The molecule has 1 fully saturated rings. The lowest BCUT2D eigenvalue weighted by Crippen LogP contribution is -2.38. The van der Waals surface area contributed by atoms with Gasteiger partial charge in [0.15, 0.2) is 0 Å². The Bertz CT molecular complexity index is 634. The fourth-order valence-electron chi connectivity index (χ4n) is 2.71. The number of hydrogen-bond acceptors (Lipinski definition) is 5. The number of carbonyl (C=O) groups excluding carboxylic acids is 1. The molecule has 3 rings (SSSR count). The molecule has 1 saturated heterocycles. The van der Waals surface area contributed by atoms with Crippen LogP contribution in [0.4, 0.5) is 0 Å². The van der Waals surface area contributed by atoms with Crippen LogP contribution in [-0.2, 0) is 6.54 Å². The maximum Gasteiger partial charge on any atom is 0.257 e. The van der Waals surface area contributed by atoms with Crippen LogP contribution < -0.4 is 5.73 Å². The van der Waals surface area contributed by atoms with Crippen LogP contribution in [0.25, 0.3) is 0 Å². The highest BCUT2D eigenvalue weighted by Gasteiger charge is 2.27. The molecule has 1 aliphatic rings. The molecular weight excluding hydrogens is 286 g/mol. The molecule has 0 radical (unpaired) electrons. The number of piperidine rings is 1. The van der Waals surface area contributed by atoms with Gasteiger partial charge in [-0.25, -0.2) is 4.98 Å². The molecule has 2 N–H and O–H groups in total. The van der Waals surface area contributed by atoms with Crippen LogP contribution in [-0.4, -0.2) is 28.9 Å². The Morgan fingerprint density at radius 3 is 3.14 bits per heavy atom. The van der Waals surface area contributed by atoms with Crippen LogP contribution >= 0.6 is 11.3 Å². The van der Waals surface area contributed by atoms with Gasteiger partial charge in [-0.1, -0.05) is 0 Å². The lowest BCUT2D eigenvalue weighted by molar-refractivity contribution is 0.0706. The topological polar surface area (TPSA) is 72.4 Å². The fraction of sp³-hybridized carbons (Fsp3) is 0.467. The number of rotatable bonds is 3. The molecular formula is C15H19N3O2S. The maximum absolute atomic E-state index is 12.5. The van der Waals surface area contributed by atoms with Crippen LogP contribution in [0.3, 0.4) is 0 Å². The molecule has 6 heteroatoms. The van der Waals surface area contributed by atoms with E-state index in [2.05, 4.69) is 10.4 Å².